The summed E-state index contributed by atoms with van der Waals surface area (Å²) in [4.78, 5) is 9.89. The summed E-state index contributed by atoms with van der Waals surface area (Å²) in [7, 11) is 0. The maximum absolute atomic E-state index is 12.7. The maximum atomic E-state index is 12.7. The summed E-state index contributed by atoms with van der Waals surface area (Å²) >= 11 is 0. The highest BCUT2D eigenvalue weighted by Gasteiger charge is 2.61. The Kier molecular flexibility index (Phi) is 5.92. The molecule has 1 rings (SSSR count). The van der Waals surface area contributed by atoms with Crippen LogP contribution < -0.4 is 4.74 Å². The zero-order chi connectivity index (χ0) is 15.9. The first-order valence-electron chi connectivity index (χ1n) is 6.04. The summed E-state index contributed by atoms with van der Waals surface area (Å²) in [6.45, 7) is 0.541. The summed E-state index contributed by atoms with van der Waals surface area (Å²) in [5, 5.41) is 0. The Morgan fingerprint density at radius 2 is 1.81 bits per heavy atom. The molecule has 0 aromatic heterocycles. The first kappa shape index (κ1) is 17.2. The molecule has 0 N–H and O–H groups in total. The number of aryl methyl sites for hydroxylation is 1. The number of carbonyl (C=O) groups excluding carboxylic acids is 1. The van der Waals surface area contributed by atoms with E-state index in [-0.39, 0.29) is 6.61 Å². The molecule has 1 aromatic carbocycles. The van der Waals surface area contributed by atoms with Crippen LogP contribution in [0.25, 0.3) is 0 Å². The van der Waals surface area contributed by atoms with Gasteiger partial charge in [0.05, 0.1) is 6.61 Å². The molecule has 0 bridgehead atoms. The lowest BCUT2D eigenvalue weighted by atomic mass is 10.1. The van der Waals surface area contributed by atoms with E-state index < -0.39 is 18.0 Å². The van der Waals surface area contributed by atoms with Gasteiger partial charge < -0.3 is 9.47 Å². The third kappa shape index (κ3) is 5.57. The molecule has 0 unspecified atom stereocenters. The molecule has 3 nitrogen and oxygen atoms in total. The van der Waals surface area contributed by atoms with Crippen molar-refractivity contribution >= 4 is 6.47 Å². The number of alkyl halides is 5. The molecule has 8 heteroatoms. The minimum absolute atomic E-state index is 0.228. The predicted octanol–water partition coefficient (Wildman–Crippen LogP) is 3.72. The molecule has 0 aliphatic carbocycles. The van der Waals surface area contributed by atoms with Gasteiger partial charge in [-0.05, 0) is 37.0 Å². The molecular formula is C13H13F5O3. The van der Waals surface area contributed by atoms with Gasteiger partial charge in [-0.25, -0.2) is 0 Å². The Balaban J connectivity index is 2.58. The first-order chi connectivity index (χ1) is 9.76. The lowest BCUT2D eigenvalue weighted by molar-refractivity contribution is -0.360. The number of rotatable bonds is 8. The standard InChI is InChI=1S/C13H13F5O3/c14-12(15,16)13(17,18)21-11-6-3-5-10(8-11)4-1-2-7-20-9-19/h3,5-6,8-9H,1-2,4,7H2. The Bertz CT molecular complexity index is 459. The van der Waals surface area contributed by atoms with Crippen molar-refractivity contribution in [1.82, 2.24) is 0 Å². The van der Waals surface area contributed by atoms with Gasteiger partial charge in [0.2, 0.25) is 0 Å². The van der Waals surface area contributed by atoms with Crippen LogP contribution in [0.3, 0.4) is 0 Å². The van der Waals surface area contributed by atoms with E-state index in [9.17, 15) is 26.7 Å². The summed E-state index contributed by atoms with van der Waals surface area (Å²) < 4.78 is 69.7. The van der Waals surface area contributed by atoms with Gasteiger partial charge >= 0.3 is 12.3 Å². The van der Waals surface area contributed by atoms with Gasteiger partial charge in [0.1, 0.15) is 5.75 Å². The minimum atomic E-state index is -5.77. The fourth-order valence-corrected chi connectivity index (χ4v) is 1.53. The van der Waals surface area contributed by atoms with Crippen molar-refractivity contribution in [2.75, 3.05) is 6.61 Å². The smallest absolute Gasteiger partial charge is 0.468 e. The van der Waals surface area contributed by atoms with Crippen molar-refractivity contribution in [3.8, 4) is 5.75 Å². The Labute approximate surface area is 117 Å². The Morgan fingerprint density at radius 3 is 2.43 bits per heavy atom. The van der Waals surface area contributed by atoms with Crippen molar-refractivity contribution < 1.29 is 36.2 Å². The number of carbonyl (C=O) groups is 1. The highest BCUT2D eigenvalue weighted by Crippen LogP contribution is 2.37. The van der Waals surface area contributed by atoms with E-state index in [2.05, 4.69) is 9.47 Å². The number of hydrogen-bond acceptors (Lipinski definition) is 3. The van der Waals surface area contributed by atoms with E-state index in [1.807, 2.05) is 0 Å². The molecule has 0 atom stereocenters. The van der Waals surface area contributed by atoms with Crippen LogP contribution in [0.5, 0.6) is 5.75 Å². The minimum Gasteiger partial charge on any atom is -0.468 e. The molecule has 0 aliphatic heterocycles. The topological polar surface area (TPSA) is 35.5 Å². The van der Waals surface area contributed by atoms with Crippen LogP contribution in [0.1, 0.15) is 18.4 Å². The fraction of sp³-hybridized carbons (Fsp3) is 0.462. The zero-order valence-corrected chi connectivity index (χ0v) is 10.8. The lowest BCUT2D eigenvalue weighted by Gasteiger charge is -2.20. The second kappa shape index (κ2) is 7.24. The van der Waals surface area contributed by atoms with E-state index in [0.717, 1.165) is 12.1 Å². The summed E-state index contributed by atoms with van der Waals surface area (Å²) in [5.41, 5.74) is 0.552. The molecule has 0 fully saturated rings. The van der Waals surface area contributed by atoms with Crippen LogP contribution in [0, 0.1) is 0 Å². The number of unbranched alkanes of at least 4 members (excludes halogenated alkanes) is 1. The molecule has 118 valence electrons. The Morgan fingerprint density at radius 1 is 1.10 bits per heavy atom. The van der Waals surface area contributed by atoms with Gasteiger partial charge in [-0.2, -0.15) is 22.0 Å². The van der Waals surface area contributed by atoms with Crippen LogP contribution in [-0.2, 0) is 16.0 Å². The van der Waals surface area contributed by atoms with Gasteiger partial charge in [0.25, 0.3) is 6.47 Å². The molecular weight excluding hydrogens is 299 g/mol. The summed E-state index contributed by atoms with van der Waals surface area (Å²) in [6, 6.07) is 5.07. The van der Waals surface area contributed by atoms with E-state index >= 15 is 0 Å². The molecule has 0 amide bonds. The van der Waals surface area contributed by atoms with Gasteiger partial charge in [-0.1, -0.05) is 12.1 Å². The normalized spacial score (nSPS) is 12.0. The van der Waals surface area contributed by atoms with Crippen molar-refractivity contribution in [2.24, 2.45) is 0 Å². The third-order valence-electron chi connectivity index (χ3n) is 2.52. The van der Waals surface area contributed by atoms with Crippen molar-refractivity contribution in [1.29, 1.82) is 0 Å². The molecule has 1 aromatic rings. The van der Waals surface area contributed by atoms with E-state index in [1.165, 1.54) is 6.07 Å². The summed E-state index contributed by atoms with van der Waals surface area (Å²) in [5.74, 6) is -0.557. The number of hydrogen-bond donors (Lipinski definition) is 0. The van der Waals surface area contributed by atoms with Gasteiger partial charge in [-0.3, -0.25) is 4.79 Å². The van der Waals surface area contributed by atoms with Gasteiger partial charge in [0, 0.05) is 0 Å². The molecule has 21 heavy (non-hydrogen) atoms. The molecule has 0 spiro atoms. The van der Waals surface area contributed by atoms with E-state index in [0.29, 0.717) is 31.3 Å². The van der Waals surface area contributed by atoms with Crippen molar-refractivity contribution in [3.63, 3.8) is 0 Å². The average Bonchev–Trinajstić information content (AvgIpc) is 2.37. The molecule has 0 heterocycles. The lowest BCUT2D eigenvalue weighted by Crippen LogP contribution is -2.41. The maximum Gasteiger partial charge on any atom is 0.499 e. The number of benzene rings is 1. The second-order valence-corrected chi connectivity index (χ2v) is 4.19. The van der Waals surface area contributed by atoms with Crippen LogP contribution >= 0.6 is 0 Å². The van der Waals surface area contributed by atoms with Crippen LogP contribution in [0.4, 0.5) is 22.0 Å². The zero-order valence-electron chi connectivity index (χ0n) is 10.8. The van der Waals surface area contributed by atoms with Crippen LogP contribution in [0.2, 0.25) is 0 Å². The fourth-order valence-electron chi connectivity index (χ4n) is 1.53. The van der Waals surface area contributed by atoms with E-state index in [4.69, 9.17) is 0 Å². The molecule has 0 aliphatic rings. The van der Waals surface area contributed by atoms with Crippen molar-refractivity contribution in [2.45, 2.75) is 31.5 Å². The summed E-state index contributed by atoms with van der Waals surface area (Å²) in [6.07, 6.45) is -9.41. The van der Waals surface area contributed by atoms with Gasteiger partial charge in [-0.15, -0.1) is 0 Å². The largest absolute Gasteiger partial charge is 0.499 e. The number of halogens is 5. The predicted molar refractivity (Wildman–Crippen MR) is 63.0 cm³/mol. The van der Waals surface area contributed by atoms with E-state index in [1.54, 1.807) is 6.07 Å². The first-order valence-corrected chi connectivity index (χ1v) is 6.04. The highest BCUT2D eigenvalue weighted by atomic mass is 19.4. The Hall–Kier alpha value is -1.86. The second-order valence-electron chi connectivity index (χ2n) is 4.19. The van der Waals surface area contributed by atoms with Gasteiger partial charge in [0.15, 0.2) is 0 Å². The molecule has 0 radical (unpaired) electrons. The third-order valence-corrected chi connectivity index (χ3v) is 2.52. The molecule has 0 saturated heterocycles. The molecule has 0 saturated carbocycles. The van der Waals surface area contributed by atoms with Crippen LogP contribution in [0.15, 0.2) is 24.3 Å². The monoisotopic (exact) mass is 312 g/mol. The highest BCUT2D eigenvalue weighted by molar-refractivity contribution is 5.36. The SMILES string of the molecule is O=COCCCCc1cccc(OC(F)(F)C(F)(F)F)c1. The average molecular weight is 312 g/mol. The number of ether oxygens (including phenoxy) is 2. The van der Waals surface area contributed by atoms with Crippen molar-refractivity contribution in [3.05, 3.63) is 29.8 Å². The van der Waals surface area contributed by atoms with Crippen LogP contribution in [-0.4, -0.2) is 25.4 Å². The quantitative estimate of drug-likeness (QED) is 0.417.